The Bertz CT molecular complexity index is 614. The molecule has 19 heavy (non-hydrogen) atoms. The highest BCUT2D eigenvalue weighted by atomic mass is 79.9. The zero-order valence-electron chi connectivity index (χ0n) is 9.45. The number of benzene rings is 1. The molecule has 0 unspecified atom stereocenters. The smallest absolute Gasteiger partial charge is 0.337 e. The normalized spacial score (nSPS) is 10.2. The van der Waals surface area contributed by atoms with Crippen LogP contribution in [0, 0.1) is 0 Å². The molecular weight excluding hydrogens is 318 g/mol. The van der Waals surface area contributed by atoms with Crippen molar-refractivity contribution in [3.05, 3.63) is 34.6 Å². The molecule has 1 amide bonds. The van der Waals surface area contributed by atoms with Gasteiger partial charge in [0.05, 0.1) is 11.3 Å². The lowest BCUT2D eigenvalue weighted by atomic mass is 10.2. The second-order valence-electron chi connectivity index (χ2n) is 3.52. The van der Waals surface area contributed by atoms with Crippen molar-refractivity contribution < 1.29 is 14.7 Å². The summed E-state index contributed by atoms with van der Waals surface area (Å²) >= 11 is 3.20. The van der Waals surface area contributed by atoms with E-state index in [1.165, 1.54) is 17.1 Å². The molecule has 0 saturated heterocycles. The standard InChI is InChI=1S/C10H8BrN5O3/c11-7-3-1-2-6(10(18)19)9(7)13-8(17)4-16-5-12-14-15-16/h1-3,5H,4H2,(H,13,17)(H,18,19). The molecule has 0 fully saturated rings. The second kappa shape index (κ2) is 5.57. The highest BCUT2D eigenvalue weighted by Crippen LogP contribution is 2.26. The molecule has 9 heteroatoms. The van der Waals surface area contributed by atoms with Gasteiger partial charge in [-0.05, 0) is 38.5 Å². The summed E-state index contributed by atoms with van der Waals surface area (Å²) in [5, 5.41) is 21.9. The van der Waals surface area contributed by atoms with Gasteiger partial charge in [-0.2, -0.15) is 0 Å². The summed E-state index contributed by atoms with van der Waals surface area (Å²) < 4.78 is 1.71. The number of anilines is 1. The number of tetrazole rings is 1. The molecule has 0 saturated carbocycles. The molecule has 0 aliphatic rings. The summed E-state index contributed by atoms with van der Waals surface area (Å²) in [6.07, 6.45) is 1.29. The lowest BCUT2D eigenvalue weighted by Gasteiger charge is -2.10. The molecule has 0 aliphatic heterocycles. The van der Waals surface area contributed by atoms with Gasteiger partial charge in [-0.25, -0.2) is 9.48 Å². The number of nitrogens with zero attached hydrogens (tertiary/aromatic N) is 4. The quantitative estimate of drug-likeness (QED) is 0.859. The van der Waals surface area contributed by atoms with Gasteiger partial charge in [-0.1, -0.05) is 6.07 Å². The first-order chi connectivity index (χ1) is 9.08. The largest absolute Gasteiger partial charge is 0.478 e. The predicted octanol–water partition coefficient (Wildman–Crippen LogP) is 0.772. The summed E-state index contributed by atoms with van der Waals surface area (Å²) in [5.41, 5.74) is 0.201. The topological polar surface area (TPSA) is 110 Å². The van der Waals surface area contributed by atoms with Crippen LogP contribution in [0.4, 0.5) is 5.69 Å². The van der Waals surface area contributed by atoms with Gasteiger partial charge in [0.2, 0.25) is 5.91 Å². The highest BCUT2D eigenvalue weighted by molar-refractivity contribution is 9.10. The Morgan fingerprint density at radius 1 is 1.42 bits per heavy atom. The Labute approximate surface area is 115 Å². The minimum Gasteiger partial charge on any atom is -0.478 e. The van der Waals surface area contributed by atoms with E-state index >= 15 is 0 Å². The monoisotopic (exact) mass is 325 g/mol. The molecule has 0 radical (unpaired) electrons. The number of carboxylic acid groups (broad SMARTS) is 1. The Morgan fingerprint density at radius 2 is 2.21 bits per heavy atom. The minimum atomic E-state index is -1.13. The fourth-order valence-electron chi connectivity index (χ4n) is 1.41. The Kier molecular flexibility index (Phi) is 3.85. The van der Waals surface area contributed by atoms with E-state index in [0.717, 1.165) is 0 Å². The molecule has 2 aromatic rings. The van der Waals surface area contributed by atoms with Crippen LogP contribution in [0.3, 0.4) is 0 Å². The molecule has 0 bridgehead atoms. The summed E-state index contributed by atoms with van der Waals surface area (Å²) in [5.74, 6) is -1.55. The summed E-state index contributed by atoms with van der Waals surface area (Å²) in [7, 11) is 0. The van der Waals surface area contributed by atoms with Crippen molar-refractivity contribution in [2.24, 2.45) is 0 Å². The molecule has 0 aliphatic carbocycles. The SMILES string of the molecule is O=C(Cn1cnnn1)Nc1c(Br)cccc1C(=O)O. The average Bonchev–Trinajstić information content (AvgIpc) is 2.84. The predicted molar refractivity (Wildman–Crippen MR) is 67.5 cm³/mol. The lowest BCUT2D eigenvalue weighted by Crippen LogP contribution is -2.21. The van der Waals surface area contributed by atoms with E-state index in [-0.39, 0.29) is 17.8 Å². The lowest BCUT2D eigenvalue weighted by molar-refractivity contribution is -0.116. The number of carbonyl (C=O) groups excluding carboxylic acids is 1. The number of aromatic nitrogens is 4. The van der Waals surface area contributed by atoms with Gasteiger partial charge in [0.15, 0.2) is 0 Å². The van der Waals surface area contributed by atoms with Crippen LogP contribution in [-0.2, 0) is 11.3 Å². The number of carboxylic acids is 1. The maximum atomic E-state index is 11.8. The van der Waals surface area contributed by atoms with Crippen LogP contribution in [0.1, 0.15) is 10.4 Å². The molecule has 1 aromatic heterocycles. The maximum Gasteiger partial charge on any atom is 0.337 e. The van der Waals surface area contributed by atoms with Crippen molar-refractivity contribution in [2.45, 2.75) is 6.54 Å². The molecule has 2 rings (SSSR count). The van der Waals surface area contributed by atoms with Gasteiger partial charge in [0, 0.05) is 4.47 Å². The van der Waals surface area contributed by atoms with Gasteiger partial charge in [0.25, 0.3) is 0 Å². The van der Waals surface area contributed by atoms with Crippen LogP contribution < -0.4 is 5.32 Å². The molecule has 1 heterocycles. The molecule has 0 atom stereocenters. The number of carbonyl (C=O) groups is 2. The molecule has 98 valence electrons. The van der Waals surface area contributed by atoms with Crippen molar-refractivity contribution in [3.63, 3.8) is 0 Å². The van der Waals surface area contributed by atoms with Crippen LogP contribution in [0.2, 0.25) is 0 Å². The molecule has 8 nitrogen and oxygen atoms in total. The highest BCUT2D eigenvalue weighted by Gasteiger charge is 2.15. The fraction of sp³-hybridized carbons (Fsp3) is 0.100. The minimum absolute atomic E-state index is 0.000518. The van der Waals surface area contributed by atoms with Crippen molar-refractivity contribution in [1.29, 1.82) is 0 Å². The Balaban J connectivity index is 2.19. The summed E-state index contributed by atoms with van der Waals surface area (Å²) in [6.45, 7) is -0.104. The van der Waals surface area contributed by atoms with E-state index in [0.29, 0.717) is 4.47 Å². The van der Waals surface area contributed by atoms with E-state index in [1.54, 1.807) is 12.1 Å². The Hall–Kier alpha value is -2.29. The van der Waals surface area contributed by atoms with Gasteiger partial charge in [-0.3, -0.25) is 4.79 Å². The third-order valence-corrected chi connectivity index (χ3v) is 2.87. The van der Waals surface area contributed by atoms with Gasteiger partial charge in [-0.15, -0.1) is 5.10 Å². The van der Waals surface area contributed by atoms with Gasteiger partial charge < -0.3 is 10.4 Å². The first-order valence-electron chi connectivity index (χ1n) is 5.10. The number of aromatic carboxylic acids is 1. The average molecular weight is 326 g/mol. The zero-order chi connectivity index (χ0) is 13.8. The summed E-state index contributed by atoms with van der Waals surface area (Å²) in [4.78, 5) is 22.8. The van der Waals surface area contributed by atoms with Crippen molar-refractivity contribution in [2.75, 3.05) is 5.32 Å². The van der Waals surface area contributed by atoms with Gasteiger partial charge in [0.1, 0.15) is 12.9 Å². The van der Waals surface area contributed by atoms with Crippen molar-refractivity contribution >= 4 is 33.5 Å². The number of rotatable bonds is 4. The zero-order valence-corrected chi connectivity index (χ0v) is 11.0. The number of nitrogens with one attached hydrogen (secondary N) is 1. The van der Waals surface area contributed by atoms with E-state index < -0.39 is 11.9 Å². The molecule has 1 aromatic carbocycles. The number of halogens is 1. The van der Waals surface area contributed by atoms with Crippen LogP contribution in [0.5, 0.6) is 0 Å². The number of amides is 1. The molecule has 0 spiro atoms. The Morgan fingerprint density at radius 3 is 2.84 bits per heavy atom. The van der Waals surface area contributed by atoms with Crippen LogP contribution in [0.25, 0.3) is 0 Å². The number of para-hydroxylation sites is 1. The second-order valence-corrected chi connectivity index (χ2v) is 4.38. The van der Waals surface area contributed by atoms with E-state index in [1.807, 2.05) is 0 Å². The maximum absolute atomic E-state index is 11.8. The van der Waals surface area contributed by atoms with Gasteiger partial charge >= 0.3 is 5.97 Å². The third kappa shape index (κ3) is 3.13. The third-order valence-electron chi connectivity index (χ3n) is 2.21. The van der Waals surface area contributed by atoms with Crippen LogP contribution >= 0.6 is 15.9 Å². The number of hydrogen-bond donors (Lipinski definition) is 2. The van der Waals surface area contributed by atoms with E-state index in [4.69, 9.17) is 5.11 Å². The van der Waals surface area contributed by atoms with Crippen molar-refractivity contribution in [1.82, 2.24) is 20.2 Å². The fourth-order valence-corrected chi connectivity index (χ4v) is 1.87. The number of hydrogen-bond acceptors (Lipinski definition) is 5. The first kappa shape index (κ1) is 13.1. The first-order valence-corrected chi connectivity index (χ1v) is 5.89. The van der Waals surface area contributed by atoms with E-state index in [9.17, 15) is 9.59 Å². The van der Waals surface area contributed by atoms with Crippen LogP contribution in [0.15, 0.2) is 29.0 Å². The van der Waals surface area contributed by atoms with E-state index in [2.05, 4.69) is 36.8 Å². The molecular formula is C10H8BrN5O3. The van der Waals surface area contributed by atoms with Crippen LogP contribution in [-0.4, -0.2) is 37.2 Å². The molecule has 2 N–H and O–H groups in total. The van der Waals surface area contributed by atoms with Crippen molar-refractivity contribution in [3.8, 4) is 0 Å². The summed E-state index contributed by atoms with van der Waals surface area (Å²) in [6, 6.07) is 4.61.